The molecule has 21 heavy (non-hydrogen) atoms. The summed E-state index contributed by atoms with van der Waals surface area (Å²) < 4.78 is 5.43. The molecule has 1 fully saturated rings. The molecule has 1 aliphatic rings. The number of nitrogens with one attached hydrogen (secondary N) is 2. The molecule has 1 heterocycles. The zero-order valence-corrected chi connectivity index (χ0v) is 12.4. The van der Waals surface area contributed by atoms with Gasteiger partial charge in [0.2, 0.25) is 11.8 Å². The van der Waals surface area contributed by atoms with E-state index in [0.29, 0.717) is 39.1 Å². The maximum Gasteiger partial charge on any atom is 0.225 e. The fourth-order valence-corrected chi connectivity index (χ4v) is 2.37. The van der Waals surface area contributed by atoms with Crippen LogP contribution in [0.15, 0.2) is 24.3 Å². The van der Waals surface area contributed by atoms with Gasteiger partial charge >= 0.3 is 0 Å². The summed E-state index contributed by atoms with van der Waals surface area (Å²) in [5, 5.41) is 5.69. The van der Waals surface area contributed by atoms with Crippen molar-refractivity contribution in [1.82, 2.24) is 10.6 Å². The number of hydrogen-bond acceptors (Lipinski definition) is 3. The van der Waals surface area contributed by atoms with Crippen LogP contribution in [0, 0.1) is 5.92 Å². The van der Waals surface area contributed by atoms with Crippen molar-refractivity contribution in [3.8, 4) is 0 Å². The smallest absolute Gasteiger partial charge is 0.225 e. The zero-order valence-electron chi connectivity index (χ0n) is 12.4. The van der Waals surface area contributed by atoms with E-state index in [1.54, 1.807) is 0 Å². The van der Waals surface area contributed by atoms with Gasteiger partial charge in [-0.05, 0) is 24.5 Å². The summed E-state index contributed by atoms with van der Waals surface area (Å²) in [5.74, 6) is -0.0934. The van der Waals surface area contributed by atoms with Gasteiger partial charge in [-0.2, -0.15) is 0 Å². The Morgan fingerprint density at radius 2 is 2.14 bits per heavy atom. The Hall–Kier alpha value is -1.88. The van der Waals surface area contributed by atoms with E-state index in [0.717, 1.165) is 11.1 Å². The highest BCUT2D eigenvalue weighted by molar-refractivity contribution is 5.83. The Morgan fingerprint density at radius 3 is 2.81 bits per heavy atom. The summed E-state index contributed by atoms with van der Waals surface area (Å²) in [4.78, 5) is 23.2. The average molecular weight is 290 g/mol. The van der Waals surface area contributed by atoms with Crippen LogP contribution in [-0.4, -0.2) is 25.0 Å². The third kappa shape index (κ3) is 4.56. The fourth-order valence-electron chi connectivity index (χ4n) is 2.37. The lowest BCUT2D eigenvalue weighted by Crippen LogP contribution is -2.42. The molecule has 0 spiro atoms. The van der Waals surface area contributed by atoms with E-state index in [1.807, 2.05) is 31.2 Å². The second kappa shape index (κ2) is 7.78. The van der Waals surface area contributed by atoms with Crippen LogP contribution in [-0.2, 0) is 27.5 Å². The minimum Gasteiger partial charge on any atom is -0.377 e. The highest BCUT2D eigenvalue weighted by Crippen LogP contribution is 2.13. The minimum atomic E-state index is -0.123. The number of hydrogen-bond donors (Lipinski definition) is 2. The highest BCUT2D eigenvalue weighted by Gasteiger charge is 2.24. The average Bonchev–Trinajstić information content (AvgIpc) is 2.52. The molecule has 2 rings (SSSR count). The summed E-state index contributed by atoms with van der Waals surface area (Å²) in [6.45, 7) is 4.12. The third-order valence-electron chi connectivity index (χ3n) is 3.67. The number of benzene rings is 1. The predicted octanol–water partition coefficient (Wildman–Crippen LogP) is 1.37. The second-order valence-electron chi connectivity index (χ2n) is 5.16. The normalized spacial score (nSPS) is 18.1. The Kier molecular flexibility index (Phi) is 5.75. The molecule has 5 nitrogen and oxygen atoms in total. The largest absolute Gasteiger partial charge is 0.377 e. The lowest BCUT2D eigenvalue weighted by Gasteiger charge is -2.22. The molecule has 5 heteroatoms. The van der Waals surface area contributed by atoms with Crippen molar-refractivity contribution < 1.29 is 14.3 Å². The van der Waals surface area contributed by atoms with Gasteiger partial charge in [-0.25, -0.2) is 0 Å². The van der Waals surface area contributed by atoms with Crippen molar-refractivity contribution in [2.24, 2.45) is 5.92 Å². The van der Waals surface area contributed by atoms with E-state index < -0.39 is 0 Å². The number of piperidine rings is 1. The molecule has 2 N–H and O–H groups in total. The van der Waals surface area contributed by atoms with Crippen LogP contribution in [0.5, 0.6) is 0 Å². The molecule has 1 aromatic rings. The molecule has 2 amide bonds. The summed E-state index contributed by atoms with van der Waals surface area (Å²) in [6, 6.07) is 7.93. The SMILES string of the molecule is CCOCc1ccccc1CNC(=O)C1CCC(=O)NC1. The lowest BCUT2D eigenvalue weighted by molar-refractivity contribution is -0.129. The first kappa shape index (κ1) is 15.5. The molecular weight excluding hydrogens is 268 g/mol. The molecule has 0 radical (unpaired) electrons. The van der Waals surface area contributed by atoms with Crippen LogP contribution in [0.4, 0.5) is 0 Å². The van der Waals surface area contributed by atoms with Crippen LogP contribution in [0.1, 0.15) is 30.9 Å². The Bertz CT molecular complexity index is 492. The summed E-state index contributed by atoms with van der Waals surface area (Å²) in [6.07, 6.45) is 1.05. The fraction of sp³-hybridized carbons (Fsp3) is 0.500. The van der Waals surface area contributed by atoms with Crippen LogP contribution in [0.2, 0.25) is 0 Å². The van der Waals surface area contributed by atoms with Crippen molar-refractivity contribution in [1.29, 1.82) is 0 Å². The van der Waals surface area contributed by atoms with Crippen molar-refractivity contribution in [2.45, 2.75) is 32.9 Å². The number of carbonyl (C=O) groups is 2. The minimum absolute atomic E-state index is 0.00112. The van der Waals surface area contributed by atoms with E-state index in [1.165, 1.54) is 0 Å². The van der Waals surface area contributed by atoms with Gasteiger partial charge in [0.25, 0.3) is 0 Å². The predicted molar refractivity (Wildman–Crippen MR) is 79.4 cm³/mol. The molecule has 1 aliphatic heterocycles. The summed E-state index contributed by atoms with van der Waals surface area (Å²) in [7, 11) is 0. The van der Waals surface area contributed by atoms with E-state index in [-0.39, 0.29) is 17.7 Å². The molecule has 1 saturated heterocycles. The van der Waals surface area contributed by atoms with Crippen LogP contribution in [0.25, 0.3) is 0 Å². The molecule has 0 bridgehead atoms. The molecule has 0 saturated carbocycles. The van der Waals surface area contributed by atoms with Gasteiger partial charge in [0, 0.05) is 26.1 Å². The van der Waals surface area contributed by atoms with Gasteiger partial charge < -0.3 is 15.4 Å². The van der Waals surface area contributed by atoms with Gasteiger partial charge in [0.1, 0.15) is 0 Å². The van der Waals surface area contributed by atoms with Gasteiger partial charge in [0.15, 0.2) is 0 Å². The van der Waals surface area contributed by atoms with Crippen LogP contribution < -0.4 is 10.6 Å². The molecule has 0 aromatic heterocycles. The van der Waals surface area contributed by atoms with Crippen LogP contribution >= 0.6 is 0 Å². The molecular formula is C16H22N2O3. The lowest BCUT2D eigenvalue weighted by atomic mass is 9.98. The van der Waals surface area contributed by atoms with Crippen molar-refractivity contribution in [3.63, 3.8) is 0 Å². The van der Waals surface area contributed by atoms with Crippen molar-refractivity contribution >= 4 is 11.8 Å². The second-order valence-corrected chi connectivity index (χ2v) is 5.16. The standard InChI is InChI=1S/C16H22N2O3/c1-2-21-11-14-6-4-3-5-12(14)9-18-16(20)13-7-8-15(19)17-10-13/h3-6,13H,2,7-11H2,1H3,(H,17,19)(H,18,20). The Morgan fingerprint density at radius 1 is 1.38 bits per heavy atom. The monoisotopic (exact) mass is 290 g/mol. The molecule has 1 atom stereocenters. The van der Waals surface area contributed by atoms with E-state index in [9.17, 15) is 9.59 Å². The van der Waals surface area contributed by atoms with E-state index in [2.05, 4.69) is 10.6 Å². The molecule has 114 valence electrons. The number of carbonyl (C=O) groups excluding carboxylic acids is 2. The third-order valence-corrected chi connectivity index (χ3v) is 3.67. The van der Waals surface area contributed by atoms with Gasteiger partial charge in [-0.15, -0.1) is 0 Å². The van der Waals surface area contributed by atoms with E-state index in [4.69, 9.17) is 4.74 Å². The first-order chi connectivity index (χ1) is 10.2. The van der Waals surface area contributed by atoms with Crippen molar-refractivity contribution in [2.75, 3.05) is 13.2 Å². The highest BCUT2D eigenvalue weighted by atomic mass is 16.5. The summed E-state index contributed by atoms with van der Waals surface area (Å²) in [5.41, 5.74) is 2.16. The Balaban J connectivity index is 1.87. The first-order valence-electron chi connectivity index (χ1n) is 7.39. The Labute approximate surface area is 125 Å². The zero-order chi connectivity index (χ0) is 15.1. The molecule has 1 unspecified atom stereocenters. The number of amides is 2. The number of ether oxygens (including phenoxy) is 1. The molecule has 1 aromatic carbocycles. The topological polar surface area (TPSA) is 67.4 Å². The first-order valence-corrected chi connectivity index (χ1v) is 7.39. The number of rotatable bonds is 6. The van der Waals surface area contributed by atoms with Crippen molar-refractivity contribution in [3.05, 3.63) is 35.4 Å². The van der Waals surface area contributed by atoms with E-state index >= 15 is 0 Å². The van der Waals surface area contributed by atoms with Gasteiger partial charge in [0.05, 0.1) is 12.5 Å². The van der Waals surface area contributed by atoms with Crippen LogP contribution in [0.3, 0.4) is 0 Å². The maximum atomic E-state index is 12.1. The van der Waals surface area contributed by atoms with Gasteiger partial charge in [-0.3, -0.25) is 9.59 Å². The maximum absolute atomic E-state index is 12.1. The molecule has 0 aliphatic carbocycles. The quantitative estimate of drug-likeness (QED) is 0.831. The van der Waals surface area contributed by atoms with Gasteiger partial charge in [-0.1, -0.05) is 24.3 Å². The summed E-state index contributed by atoms with van der Waals surface area (Å²) >= 11 is 0.